The molecule has 3 aromatic rings. The number of aromatic nitrogens is 2. The molecule has 35 heavy (non-hydrogen) atoms. The van der Waals surface area contributed by atoms with Crippen molar-refractivity contribution in [2.24, 2.45) is 0 Å². The maximum absolute atomic E-state index is 14.8. The molecule has 2 aromatic carbocycles. The third-order valence-corrected chi connectivity index (χ3v) is 8.23. The number of amides is 1. The van der Waals surface area contributed by atoms with E-state index in [0.29, 0.717) is 57.6 Å². The Labute approximate surface area is 210 Å². The predicted molar refractivity (Wildman–Crippen MR) is 135 cm³/mol. The Hall–Kier alpha value is -2.91. The molecule has 2 aliphatic rings. The van der Waals surface area contributed by atoms with Crippen molar-refractivity contribution >= 4 is 46.0 Å². The molecule has 1 saturated heterocycles. The number of thioether (sulfide) groups is 1. The van der Waals surface area contributed by atoms with E-state index >= 15 is 0 Å². The Bertz CT molecular complexity index is 1440. The van der Waals surface area contributed by atoms with Gasteiger partial charge < -0.3 is 9.80 Å². The van der Waals surface area contributed by atoms with Crippen LogP contribution in [0.1, 0.15) is 19.9 Å². The molecule has 0 N–H and O–H groups in total. The van der Waals surface area contributed by atoms with E-state index < -0.39 is 17.3 Å². The molecule has 0 spiro atoms. The molecule has 6 nitrogen and oxygen atoms in total. The maximum atomic E-state index is 14.8. The molecule has 182 valence electrons. The molecule has 2 atom stereocenters. The minimum Gasteiger partial charge on any atom is -0.350 e. The zero-order valence-corrected chi connectivity index (χ0v) is 20.8. The highest BCUT2D eigenvalue weighted by molar-refractivity contribution is 7.99. The Morgan fingerprint density at radius 1 is 1.23 bits per heavy atom. The summed E-state index contributed by atoms with van der Waals surface area (Å²) in [6, 6.07) is 4.87. The average molecular weight is 517 g/mol. The minimum absolute atomic E-state index is 0.108. The lowest BCUT2D eigenvalue weighted by atomic mass is 10.0. The summed E-state index contributed by atoms with van der Waals surface area (Å²) in [5.74, 6) is -0.465. The first-order chi connectivity index (χ1) is 16.7. The van der Waals surface area contributed by atoms with Crippen LogP contribution in [0.25, 0.3) is 22.0 Å². The zero-order valence-electron chi connectivity index (χ0n) is 19.2. The quantitative estimate of drug-likeness (QED) is 0.464. The van der Waals surface area contributed by atoms with Gasteiger partial charge in [-0.15, -0.1) is 11.8 Å². The Morgan fingerprint density at radius 2 is 2.00 bits per heavy atom. The van der Waals surface area contributed by atoms with Gasteiger partial charge in [-0.25, -0.2) is 13.6 Å². The van der Waals surface area contributed by atoms with Gasteiger partial charge in [0, 0.05) is 64.9 Å². The second-order valence-electron chi connectivity index (χ2n) is 8.86. The molecule has 0 radical (unpaired) electrons. The highest BCUT2D eigenvalue weighted by Crippen LogP contribution is 2.48. The average Bonchev–Trinajstić information content (AvgIpc) is 2.82. The molecule has 1 fully saturated rings. The summed E-state index contributed by atoms with van der Waals surface area (Å²) in [5, 5.41) is 0.978. The fourth-order valence-corrected chi connectivity index (χ4v) is 6.55. The van der Waals surface area contributed by atoms with E-state index in [-0.39, 0.29) is 23.6 Å². The SMILES string of the molecule is C=CC(=O)N1CCN(c2nc(=O)n3c4c(c(-c5ccc(F)cc5F)c(Cl)cc24)SC[C@H]3C)C(C)C1. The van der Waals surface area contributed by atoms with E-state index in [0.717, 1.165) is 6.07 Å². The summed E-state index contributed by atoms with van der Waals surface area (Å²) in [5.41, 5.74) is 0.862. The molecule has 1 amide bonds. The molecule has 3 heterocycles. The van der Waals surface area contributed by atoms with Crippen LogP contribution in [0.2, 0.25) is 5.02 Å². The highest BCUT2D eigenvalue weighted by Gasteiger charge is 2.32. The number of hydrogen-bond acceptors (Lipinski definition) is 5. The summed E-state index contributed by atoms with van der Waals surface area (Å²) >= 11 is 8.24. The van der Waals surface area contributed by atoms with E-state index in [4.69, 9.17) is 11.6 Å². The number of rotatable bonds is 3. The minimum atomic E-state index is -0.721. The number of hydrogen-bond donors (Lipinski definition) is 0. The van der Waals surface area contributed by atoms with Crippen molar-refractivity contribution in [3.63, 3.8) is 0 Å². The number of carbonyl (C=O) groups excluding carboxylic acids is 1. The third kappa shape index (κ3) is 3.90. The van der Waals surface area contributed by atoms with Gasteiger partial charge in [0.25, 0.3) is 0 Å². The van der Waals surface area contributed by atoms with Gasteiger partial charge in [-0.1, -0.05) is 18.2 Å². The molecule has 5 rings (SSSR count). The van der Waals surface area contributed by atoms with Gasteiger partial charge >= 0.3 is 5.69 Å². The topological polar surface area (TPSA) is 58.4 Å². The molecule has 1 aromatic heterocycles. The van der Waals surface area contributed by atoms with Crippen LogP contribution in [0.4, 0.5) is 14.6 Å². The van der Waals surface area contributed by atoms with E-state index in [9.17, 15) is 18.4 Å². The van der Waals surface area contributed by atoms with Gasteiger partial charge in [-0.3, -0.25) is 9.36 Å². The highest BCUT2D eigenvalue weighted by atomic mass is 35.5. The number of anilines is 1. The van der Waals surface area contributed by atoms with Crippen LogP contribution < -0.4 is 10.6 Å². The summed E-state index contributed by atoms with van der Waals surface area (Å²) in [6.07, 6.45) is 1.30. The van der Waals surface area contributed by atoms with Gasteiger partial charge in [-0.05, 0) is 38.1 Å². The van der Waals surface area contributed by atoms with Crippen molar-refractivity contribution in [1.82, 2.24) is 14.5 Å². The molecule has 10 heteroatoms. The zero-order chi connectivity index (χ0) is 25.0. The van der Waals surface area contributed by atoms with Gasteiger partial charge in [0.15, 0.2) is 0 Å². The van der Waals surface area contributed by atoms with Crippen LogP contribution in [0.5, 0.6) is 0 Å². The van der Waals surface area contributed by atoms with Crippen LogP contribution >= 0.6 is 23.4 Å². The second-order valence-corrected chi connectivity index (χ2v) is 10.3. The number of benzene rings is 2. The lowest BCUT2D eigenvalue weighted by molar-refractivity contribution is -0.126. The van der Waals surface area contributed by atoms with Crippen molar-refractivity contribution in [1.29, 1.82) is 0 Å². The van der Waals surface area contributed by atoms with Crippen LogP contribution in [0.3, 0.4) is 0 Å². The first kappa shape index (κ1) is 23.8. The Morgan fingerprint density at radius 3 is 2.69 bits per heavy atom. The van der Waals surface area contributed by atoms with Crippen LogP contribution in [0.15, 0.2) is 46.6 Å². The largest absolute Gasteiger partial charge is 0.350 e. The van der Waals surface area contributed by atoms with E-state index in [2.05, 4.69) is 11.6 Å². The van der Waals surface area contributed by atoms with E-state index in [1.165, 1.54) is 30.0 Å². The molecule has 0 saturated carbocycles. The monoisotopic (exact) mass is 516 g/mol. The lowest BCUT2D eigenvalue weighted by Gasteiger charge is -2.41. The standard InChI is InChI=1S/C25H23ClF2N4O2S/c1-4-20(33)30-7-8-31(13(2)11-30)24-17-10-18(26)21(16-6-5-15(27)9-19(16)28)23-22(17)32(25(34)29-24)14(3)12-35-23/h4-6,9-10,13-14H,1,7-8,11-12H2,2-3H3/t13?,14-/m1/s1. The number of carbonyl (C=O) groups is 1. The number of nitrogens with zero attached hydrogens (tertiary/aromatic N) is 4. The fourth-order valence-electron chi connectivity index (χ4n) is 4.92. The molecule has 1 unspecified atom stereocenters. The van der Waals surface area contributed by atoms with Gasteiger partial charge in [0.1, 0.15) is 17.5 Å². The summed E-state index contributed by atoms with van der Waals surface area (Å²) in [4.78, 5) is 34.2. The van der Waals surface area contributed by atoms with Crippen molar-refractivity contribution < 1.29 is 13.6 Å². The van der Waals surface area contributed by atoms with Gasteiger partial charge in [0.2, 0.25) is 5.91 Å². The smallest absolute Gasteiger partial charge is 0.350 e. The van der Waals surface area contributed by atoms with Crippen LogP contribution in [-0.4, -0.2) is 51.8 Å². The number of halogens is 3. The first-order valence-electron chi connectivity index (χ1n) is 11.3. The molecule has 0 aliphatic carbocycles. The first-order valence-corrected chi connectivity index (χ1v) is 12.6. The summed E-state index contributed by atoms with van der Waals surface area (Å²) < 4.78 is 30.1. The summed E-state index contributed by atoms with van der Waals surface area (Å²) in [7, 11) is 0. The van der Waals surface area contributed by atoms with Gasteiger partial charge in [0.05, 0.1) is 10.5 Å². The van der Waals surface area contributed by atoms with Gasteiger partial charge in [-0.2, -0.15) is 4.98 Å². The Balaban J connectivity index is 1.74. The lowest BCUT2D eigenvalue weighted by Crippen LogP contribution is -2.54. The molecular formula is C25H23ClF2N4O2S. The number of piperazine rings is 1. The normalized spacial score (nSPS) is 19.8. The third-order valence-electron chi connectivity index (χ3n) is 6.59. The van der Waals surface area contributed by atoms with Crippen molar-refractivity contribution in [3.8, 4) is 11.1 Å². The maximum Gasteiger partial charge on any atom is 0.350 e. The van der Waals surface area contributed by atoms with Crippen LogP contribution in [-0.2, 0) is 4.79 Å². The van der Waals surface area contributed by atoms with Crippen molar-refractivity contribution in [2.45, 2.75) is 30.8 Å². The van der Waals surface area contributed by atoms with Crippen molar-refractivity contribution in [2.75, 3.05) is 30.3 Å². The molecular weight excluding hydrogens is 494 g/mol. The fraction of sp³-hybridized carbons (Fsp3) is 0.320. The molecule has 2 aliphatic heterocycles. The molecule has 0 bridgehead atoms. The second kappa shape index (κ2) is 8.95. The van der Waals surface area contributed by atoms with E-state index in [1.807, 2.05) is 18.7 Å². The van der Waals surface area contributed by atoms with Crippen LogP contribution in [0, 0.1) is 11.6 Å². The van der Waals surface area contributed by atoms with Crippen molar-refractivity contribution in [3.05, 3.63) is 64.1 Å². The predicted octanol–water partition coefficient (Wildman–Crippen LogP) is 4.88. The summed E-state index contributed by atoms with van der Waals surface area (Å²) in [6.45, 7) is 8.87. The van der Waals surface area contributed by atoms with E-state index in [1.54, 1.807) is 15.5 Å². The Kier molecular flexibility index (Phi) is 6.09.